The van der Waals surface area contributed by atoms with Gasteiger partial charge in [-0.2, -0.15) is 0 Å². The van der Waals surface area contributed by atoms with Crippen molar-refractivity contribution >= 4 is 0 Å². The van der Waals surface area contributed by atoms with E-state index in [2.05, 4.69) is 11.9 Å². The molecule has 0 aromatic heterocycles. The molecule has 0 aliphatic carbocycles. The van der Waals surface area contributed by atoms with Crippen molar-refractivity contribution in [3.8, 4) is 0 Å². The Morgan fingerprint density at radius 3 is 2.75 bits per heavy atom. The van der Waals surface area contributed by atoms with Crippen LogP contribution in [0.4, 0.5) is 0 Å². The molecule has 0 aromatic rings. The zero-order valence-corrected chi connectivity index (χ0v) is 8.21. The van der Waals surface area contributed by atoms with Crippen LogP contribution in [-0.4, -0.2) is 49.0 Å². The van der Waals surface area contributed by atoms with Crippen molar-refractivity contribution < 1.29 is 9.84 Å². The lowest BCUT2D eigenvalue weighted by molar-refractivity contribution is -0.0207. The summed E-state index contributed by atoms with van der Waals surface area (Å²) in [5.74, 6) is 0.227. The molecule has 1 saturated heterocycles. The van der Waals surface area contributed by atoms with Gasteiger partial charge in [0.1, 0.15) is 0 Å². The fourth-order valence-electron chi connectivity index (χ4n) is 1.39. The minimum Gasteiger partial charge on any atom is -0.390 e. The van der Waals surface area contributed by atoms with Gasteiger partial charge in [0, 0.05) is 19.0 Å². The van der Waals surface area contributed by atoms with Gasteiger partial charge < -0.3 is 14.7 Å². The third-order valence-electron chi connectivity index (χ3n) is 2.47. The van der Waals surface area contributed by atoms with Gasteiger partial charge in [0.15, 0.2) is 0 Å². The summed E-state index contributed by atoms with van der Waals surface area (Å²) in [6.07, 6.45) is 0. The third-order valence-corrected chi connectivity index (χ3v) is 2.47. The van der Waals surface area contributed by atoms with E-state index in [0.717, 1.165) is 19.7 Å². The molecule has 12 heavy (non-hydrogen) atoms. The molecule has 1 aliphatic rings. The molecule has 1 heterocycles. The lowest BCUT2D eigenvalue weighted by Crippen LogP contribution is -2.39. The molecule has 1 rings (SSSR count). The first-order valence-corrected chi connectivity index (χ1v) is 4.49. The third kappa shape index (κ3) is 2.73. The SMILES string of the molecule is CN1CCOC[C@@H](C(C)(C)O)C1. The van der Waals surface area contributed by atoms with Gasteiger partial charge in [0.2, 0.25) is 0 Å². The van der Waals surface area contributed by atoms with Crippen molar-refractivity contribution in [3.05, 3.63) is 0 Å². The van der Waals surface area contributed by atoms with Crippen LogP contribution in [0, 0.1) is 5.92 Å². The molecule has 72 valence electrons. The van der Waals surface area contributed by atoms with Gasteiger partial charge in [-0.25, -0.2) is 0 Å². The molecule has 3 nitrogen and oxygen atoms in total. The Morgan fingerprint density at radius 2 is 2.17 bits per heavy atom. The molecule has 1 N–H and O–H groups in total. The maximum absolute atomic E-state index is 9.78. The summed E-state index contributed by atoms with van der Waals surface area (Å²) in [4.78, 5) is 2.20. The van der Waals surface area contributed by atoms with Gasteiger partial charge >= 0.3 is 0 Å². The van der Waals surface area contributed by atoms with E-state index in [1.807, 2.05) is 13.8 Å². The Balaban J connectivity index is 2.52. The number of rotatable bonds is 1. The normalized spacial score (nSPS) is 28.5. The van der Waals surface area contributed by atoms with Gasteiger partial charge in [-0.05, 0) is 20.9 Å². The van der Waals surface area contributed by atoms with Gasteiger partial charge in [0.25, 0.3) is 0 Å². The van der Waals surface area contributed by atoms with Gasteiger partial charge in [-0.3, -0.25) is 0 Å². The molecule has 3 heteroatoms. The molecular weight excluding hydrogens is 154 g/mol. The van der Waals surface area contributed by atoms with Crippen LogP contribution >= 0.6 is 0 Å². The number of hydrogen-bond acceptors (Lipinski definition) is 3. The number of likely N-dealkylation sites (N-methyl/N-ethyl adjacent to an activating group) is 1. The average molecular weight is 173 g/mol. The highest BCUT2D eigenvalue weighted by molar-refractivity contribution is 4.80. The standard InChI is InChI=1S/C9H19NO2/c1-9(2,11)8-6-10(3)4-5-12-7-8/h8,11H,4-7H2,1-3H3/t8-/m0/s1. The Labute approximate surface area is 74.3 Å². The lowest BCUT2D eigenvalue weighted by Gasteiger charge is -2.29. The Morgan fingerprint density at radius 1 is 1.50 bits per heavy atom. The van der Waals surface area contributed by atoms with Crippen molar-refractivity contribution in [1.29, 1.82) is 0 Å². The molecule has 1 atom stereocenters. The summed E-state index contributed by atoms with van der Waals surface area (Å²) >= 11 is 0. The first-order chi connectivity index (χ1) is 5.50. The summed E-state index contributed by atoms with van der Waals surface area (Å²) < 4.78 is 5.40. The first kappa shape index (κ1) is 9.96. The van der Waals surface area contributed by atoms with Crippen LogP contribution in [0.3, 0.4) is 0 Å². The highest BCUT2D eigenvalue weighted by Crippen LogP contribution is 2.19. The Hall–Kier alpha value is -0.120. The van der Waals surface area contributed by atoms with Crippen LogP contribution in [0.2, 0.25) is 0 Å². The first-order valence-electron chi connectivity index (χ1n) is 4.49. The van der Waals surface area contributed by atoms with Crippen LogP contribution in [-0.2, 0) is 4.74 Å². The maximum atomic E-state index is 9.78. The fourth-order valence-corrected chi connectivity index (χ4v) is 1.39. The molecule has 0 saturated carbocycles. The van der Waals surface area contributed by atoms with E-state index >= 15 is 0 Å². The van der Waals surface area contributed by atoms with Gasteiger partial charge in [-0.15, -0.1) is 0 Å². The topological polar surface area (TPSA) is 32.7 Å². The van der Waals surface area contributed by atoms with Crippen LogP contribution in [0.15, 0.2) is 0 Å². The smallest absolute Gasteiger partial charge is 0.0654 e. The van der Waals surface area contributed by atoms with E-state index in [9.17, 15) is 5.11 Å². The van der Waals surface area contributed by atoms with E-state index in [-0.39, 0.29) is 5.92 Å². The van der Waals surface area contributed by atoms with Gasteiger partial charge in [-0.1, -0.05) is 0 Å². The molecule has 0 aromatic carbocycles. The molecule has 0 bridgehead atoms. The quantitative estimate of drug-likeness (QED) is 0.620. The summed E-state index contributed by atoms with van der Waals surface area (Å²) in [5.41, 5.74) is -0.626. The van der Waals surface area contributed by atoms with E-state index in [0.29, 0.717) is 6.61 Å². The highest BCUT2D eigenvalue weighted by Gasteiger charge is 2.29. The second-order valence-electron chi connectivity index (χ2n) is 4.19. The number of aliphatic hydroxyl groups is 1. The lowest BCUT2D eigenvalue weighted by atomic mass is 9.91. The number of ether oxygens (including phenoxy) is 1. The molecule has 1 aliphatic heterocycles. The van der Waals surface area contributed by atoms with Gasteiger partial charge in [0.05, 0.1) is 18.8 Å². The van der Waals surface area contributed by atoms with Crippen molar-refractivity contribution in [2.75, 3.05) is 33.4 Å². The van der Waals surface area contributed by atoms with E-state index in [1.165, 1.54) is 0 Å². The molecule has 0 spiro atoms. The Bertz CT molecular complexity index is 142. The van der Waals surface area contributed by atoms with Crippen LogP contribution in [0.25, 0.3) is 0 Å². The maximum Gasteiger partial charge on any atom is 0.0654 e. The van der Waals surface area contributed by atoms with E-state index < -0.39 is 5.60 Å². The monoisotopic (exact) mass is 173 g/mol. The second-order valence-corrected chi connectivity index (χ2v) is 4.19. The van der Waals surface area contributed by atoms with Crippen LogP contribution < -0.4 is 0 Å². The zero-order chi connectivity index (χ0) is 9.19. The highest BCUT2D eigenvalue weighted by atomic mass is 16.5. The molecule has 0 amide bonds. The number of hydrogen-bond donors (Lipinski definition) is 1. The van der Waals surface area contributed by atoms with Crippen molar-refractivity contribution in [3.63, 3.8) is 0 Å². The van der Waals surface area contributed by atoms with Crippen molar-refractivity contribution in [1.82, 2.24) is 4.90 Å². The minimum absolute atomic E-state index is 0.227. The summed E-state index contributed by atoms with van der Waals surface area (Å²) in [5, 5.41) is 9.78. The van der Waals surface area contributed by atoms with Crippen LogP contribution in [0.1, 0.15) is 13.8 Å². The predicted octanol–water partition coefficient (Wildman–Crippen LogP) is 0.335. The predicted molar refractivity (Wildman–Crippen MR) is 48.1 cm³/mol. The molecule has 0 radical (unpaired) electrons. The zero-order valence-electron chi connectivity index (χ0n) is 8.21. The van der Waals surface area contributed by atoms with E-state index in [4.69, 9.17) is 4.74 Å². The largest absolute Gasteiger partial charge is 0.390 e. The minimum atomic E-state index is -0.626. The molecule has 0 unspecified atom stereocenters. The summed E-state index contributed by atoms with van der Waals surface area (Å²) in [7, 11) is 2.06. The van der Waals surface area contributed by atoms with E-state index in [1.54, 1.807) is 0 Å². The average Bonchev–Trinajstić information content (AvgIpc) is 2.11. The Kier molecular flexibility index (Phi) is 3.09. The molecular formula is C9H19NO2. The number of nitrogens with zero attached hydrogens (tertiary/aromatic N) is 1. The fraction of sp³-hybridized carbons (Fsp3) is 1.00. The second kappa shape index (κ2) is 3.73. The van der Waals surface area contributed by atoms with Crippen LogP contribution in [0.5, 0.6) is 0 Å². The summed E-state index contributed by atoms with van der Waals surface area (Å²) in [6, 6.07) is 0. The van der Waals surface area contributed by atoms with Crippen molar-refractivity contribution in [2.45, 2.75) is 19.4 Å². The molecule has 1 fully saturated rings. The van der Waals surface area contributed by atoms with Crippen molar-refractivity contribution in [2.24, 2.45) is 5.92 Å². The summed E-state index contributed by atoms with van der Waals surface area (Å²) in [6.45, 7) is 7.04.